The van der Waals surface area contributed by atoms with Crippen LogP contribution in [0.15, 0.2) is 48.5 Å². The van der Waals surface area contributed by atoms with Crippen molar-refractivity contribution in [3.05, 3.63) is 59.9 Å². The minimum Gasteiger partial charge on any atom is -0.492 e. The van der Waals surface area contributed by atoms with Gasteiger partial charge in [0.1, 0.15) is 18.2 Å². The fourth-order valence-electron chi connectivity index (χ4n) is 4.20. The number of nitrogens with zero attached hydrogens (tertiary/aromatic N) is 3. The van der Waals surface area contributed by atoms with Crippen LogP contribution in [0.1, 0.15) is 50.5 Å². The highest BCUT2D eigenvalue weighted by atomic mass is 16.5. The maximum Gasteiger partial charge on any atom is 0.222 e. The van der Waals surface area contributed by atoms with Crippen LogP contribution in [0.25, 0.3) is 11.0 Å². The molecule has 1 aromatic heterocycles. The Kier molecular flexibility index (Phi) is 5.84. The summed E-state index contributed by atoms with van der Waals surface area (Å²) in [4.78, 5) is 19.4. The first-order valence-electron chi connectivity index (χ1n) is 10.7. The summed E-state index contributed by atoms with van der Waals surface area (Å²) < 4.78 is 8.25. The largest absolute Gasteiger partial charge is 0.492 e. The molecular formula is C24H29N3O2. The Morgan fingerprint density at radius 3 is 2.69 bits per heavy atom. The van der Waals surface area contributed by atoms with Crippen molar-refractivity contribution in [2.45, 2.75) is 52.1 Å². The molecule has 5 heteroatoms. The van der Waals surface area contributed by atoms with E-state index in [1.54, 1.807) is 0 Å². The monoisotopic (exact) mass is 391 g/mol. The van der Waals surface area contributed by atoms with Gasteiger partial charge < -0.3 is 14.2 Å². The SMILES string of the molecule is CCC(=O)N1CCC[C@H]1c1nc2ccccc2n1CCOc1ccc(CC)cc1. The maximum absolute atomic E-state index is 12.4. The van der Waals surface area contributed by atoms with Crippen molar-refractivity contribution in [1.29, 1.82) is 0 Å². The molecule has 29 heavy (non-hydrogen) atoms. The van der Waals surface area contributed by atoms with Gasteiger partial charge in [-0.1, -0.05) is 38.1 Å². The van der Waals surface area contributed by atoms with Gasteiger partial charge in [-0.3, -0.25) is 4.79 Å². The van der Waals surface area contributed by atoms with E-state index in [-0.39, 0.29) is 11.9 Å². The van der Waals surface area contributed by atoms with Gasteiger partial charge in [-0.15, -0.1) is 0 Å². The van der Waals surface area contributed by atoms with E-state index in [0.717, 1.165) is 48.4 Å². The van der Waals surface area contributed by atoms with Crippen molar-refractivity contribution >= 4 is 16.9 Å². The number of carbonyl (C=O) groups is 1. The molecule has 1 amide bonds. The van der Waals surface area contributed by atoms with Gasteiger partial charge in [-0.05, 0) is 49.1 Å². The number of imidazole rings is 1. The van der Waals surface area contributed by atoms with Crippen molar-refractivity contribution in [3.63, 3.8) is 0 Å². The van der Waals surface area contributed by atoms with E-state index >= 15 is 0 Å². The van der Waals surface area contributed by atoms with E-state index in [1.165, 1.54) is 5.56 Å². The van der Waals surface area contributed by atoms with Gasteiger partial charge in [-0.25, -0.2) is 4.98 Å². The predicted molar refractivity (Wildman–Crippen MR) is 115 cm³/mol. The van der Waals surface area contributed by atoms with Crippen LogP contribution in [0, 0.1) is 0 Å². The number of aromatic nitrogens is 2. The molecule has 0 N–H and O–H groups in total. The van der Waals surface area contributed by atoms with Gasteiger partial charge in [0.05, 0.1) is 23.6 Å². The molecule has 1 atom stereocenters. The van der Waals surface area contributed by atoms with E-state index in [4.69, 9.17) is 9.72 Å². The number of likely N-dealkylation sites (tertiary alicyclic amines) is 1. The highest BCUT2D eigenvalue weighted by Gasteiger charge is 2.32. The van der Waals surface area contributed by atoms with Gasteiger partial charge in [0.25, 0.3) is 0 Å². The lowest BCUT2D eigenvalue weighted by molar-refractivity contribution is -0.131. The molecule has 0 radical (unpaired) electrons. The van der Waals surface area contributed by atoms with Gasteiger partial charge in [0.15, 0.2) is 0 Å². The number of ether oxygens (including phenoxy) is 1. The second kappa shape index (κ2) is 8.68. The van der Waals surface area contributed by atoms with Crippen molar-refractivity contribution < 1.29 is 9.53 Å². The second-order valence-corrected chi connectivity index (χ2v) is 7.56. The second-order valence-electron chi connectivity index (χ2n) is 7.56. The Hall–Kier alpha value is -2.82. The molecule has 0 spiro atoms. The molecule has 0 unspecified atom stereocenters. The molecule has 3 aromatic rings. The third-order valence-corrected chi connectivity index (χ3v) is 5.77. The van der Waals surface area contributed by atoms with Crippen LogP contribution in [0.5, 0.6) is 5.75 Å². The third kappa shape index (κ3) is 4.00. The number of carbonyl (C=O) groups excluding carboxylic acids is 1. The summed E-state index contributed by atoms with van der Waals surface area (Å²) in [7, 11) is 0. The van der Waals surface area contributed by atoms with Crippen molar-refractivity contribution in [3.8, 4) is 5.75 Å². The molecule has 5 nitrogen and oxygen atoms in total. The molecule has 1 aliphatic rings. The molecule has 2 heterocycles. The first-order valence-corrected chi connectivity index (χ1v) is 10.7. The standard InChI is InChI=1S/C24H29N3O2/c1-3-18-11-13-19(14-12-18)29-17-16-27-21-9-6-5-8-20(21)25-24(27)22-10-7-15-26(22)23(28)4-2/h5-6,8-9,11-14,22H,3-4,7,10,15-17H2,1-2H3/t22-/m0/s1. The van der Waals surface area contributed by atoms with Crippen molar-refractivity contribution in [1.82, 2.24) is 14.5 Å². The zero-order chi connectivity index (χ0) is 20.2. The van der Waals surface area contributed by atoms with E-state index in [1.807, 2.05) is 42.2 Å². The van der Waals surface area contributed by atoms with E-state index < -0.39 is 0 Å². The zero-order valence-electron chi connectivity index (χ0n) is 17.3. The first kappa shape index (κ1) is 19.5. The number of rotatable bonds is 7. The highest BCUT2D eigenvalue weighted by Crippen LogP contribution is 2.33. The number of amides is 1. The molecule has 1 aliphatic heterocycles. The highest BCUT2D eigenvalue weighted by molar-refractivity contribution is 5.78. The summed E-state index contributed by atoms with van der Waals surface area (Å²) in [5.41, 5.74) is 3.39. The molecule has 1 fully saturated rings. The average molecular weight is 392 g/mol. The lowest BCUT2D eigenvalue weighted by Gasteiger charge is -2.25. The van der Waals surface area contributed by atoms with E-state index in [9.17, 15) is 4.79 Å². The molecule has 2 aromatic carbocycles. The van der Waals surface area contributed by atoms with Gasteiger partial charge in [-0.2, -0.15) is 0 Å². The topological polar surface area (TPSA) is 47.4 Å². The molecule has 4 rings (SSSR count). The number of benzene rings is 2. The third-order valence-electron chi connectivity index (χ3n) is 5.77. The van der Waals surface area contributed by atoms with E-state index in [0.29, 0.717) is 19.6 Å². The summed E-state index contributed by atoms with van der Waals surface area (Å²) >= 11 is 0. The number of fused-ring (bicyclic) bond motifs is 1. The van der Waals surface area contributed by atoms with Crippen LogP contribution in [-0.2, 0) is 17.8 Å². The Morgan fingerprint density at radius 1 is 1.14 bits per heavy atom. The fourth-order valence-corrected chi connectivity index (χ4v) is 4.20. The Balaban J connectivity index is 1.57. The number of hydrogen-bond acceptors (Lipinski definition) is 3. The van der Waals surface area contributed by atoms with E-state index in [2.05, 4.69) is 29.7 Å². The number of aryl methyl sites for hydroxylation is 1. The summed E-state index contributed by atoms with van der Waals surface area (Å²) in [6.45, 7) is 6.17. The Bertz CT molecular complexity index is 977. The summed E-state index contributed by atoms with van der Waals surface area (Å²) in [6.07, 6.45) is 3.56. The van der Waals surface area contributed by atoms with Crippen LogP contribution in [0.2, 0.25) is 0 Å². The molecule has 0 aliphatic carbocycles. The summed E-state index contributed by atoms with van der Waals surface area (Å²) in [5, 5.41) is 0. The Labute approximate surface area is 172 Å². The van der Waals surface area contributed by atoms with Gasteiger partial charge in [0, 0.05) is 13.0 Å². The lowest BCUT2D eigenvalue weighted by Crippen LogP contribution is -2.31. The molecule has 0 saturated carbocycles. The number of para-hydroxylation sites is 2. The van der Waals surface area contributed by atoms with Crippen LogP contribution < -0.4 is 4.74 Å². The lowest BCUT2D eigenvalue weighted by atomic mass is 10.2. The van der Waals surface area contributed by atoms with Crippen LogP contribution in [-0.4, -0.2) is 33.5 Å². The first-order chi connectivity index (χ1) is 14.2. The van der Waals surface area contributed by atoms with Crippen LogP contribution >= 0.6 is 0 Å². The predicted octanol–water partition coefficient (Wildman–Crippen LogP) is 4.75. The summed E-state index contributed by atoms with van der Waals surface area (Å²) in [5.74, 6) is 2.07. The molecular weight excluding hydrogens is 362 g/mol. The summed E-state index contributed by atoms with van der Waals surface area (Å²) in [6, 6.07) is 16.5. The van der Waals surface area contributed by atoms with Crippen molar-refractivity contribution in [2.75, 3.05) is 13.2 Å². The molecule has 0 bridgehead atoms. The number of hydrogen-bond donors (Lipinski definition) is 0. The zero-order valence-corrected chi connectivity index (χ0v) is 17.3. The van der Waals surface area contributed by atoms with Gasteiger partial charge in [0.2, 0.25) is 5.91 Å². The van der Waals surface area contributed by atoms with Crippen molar-refractivity contribution in [2.24, 2.45) is 0 Å². The van der Waals surface area contributed by atoms with Gasteiger partial charge >= 0.3 is 0 Å². The maximum atomic E-state index is 12.4. The fraction of sp³-hybridized carbons (Fsp3) is 0.417. The van der Waals surface area contributed by atoms with Crippen LogP contribution in [0.4, 0.5) is 0 Å². The average Bonchev–Trinajstić information content (AvgIpc) is 3.38. The quantitative estimate of drug-likeness (QED) is 0.584. The Morgan fingerprint density at radius 2 is 1.93 bits per heavy atom. The molecule has 152 valence electrons. The smallest absolute Gasteiger partial charge is 0.222 e. The molecule has 1 saturated heterocycles. The minimum atomic E-state index is 0.0543. The van der Waals surface area contributed by atoms with Crippen LogP contribution in [0.3, 0.4) is 0 Å². The minimum absolute atomic E-state index is 0.0543. The normalized spacial score (nSPS) is 16.5.